The molecular formula is C28H34FN7O3. The number of carbonyl (C=O) groups excluding carboxylic acids is 2. The predicted molar refractivity (Wildman–Crippen MR) is 145 cm³/mol. The van der Waals surface area contributed by atoms with Crippen molar-refractivity contribution in [1.82, 2.24) is 24.5 Å². The third-order valence-corrected chi connectivity index (χ3v) is 7.38. The smallest absolute Gasteiger partial charge is 0.246 e. The largest absolute Gasteiger partial charge is 0.381 e. The van der Waals surface area contributed by atoms with Crippen LogP contribution in [0.25, 0.3) is 5.65 Å². The molecular weight excluding hydrogens is 501 g/mol. The van der Waals surface area contributed by atoms with Gasteiger partial charge in [0.1, 0.15) is 5.82 Å². The molecule has 1 aromatic carbocycles. The summed E-state index contributed by atoms with van der Waals surface area (Å²) in [7, 11) is 0. The number of carbonyl (C=O) groups is 2. The molecule has 10 nitrogen and oxygen atoms in total. The van der Waals surface area contributed by atoms with Crippen molar-refractivity contribution in [3.05, 3.63) is 59.6 Å². The lowest BCUT2D eigenvalue weighted by Crippen LogP contribution is -2.55. The average Bonchev–Trinajstić information content (AvgIpc) is 3.33. The minimum atomic E-state index is -0.525. The normalized spacial score (nSPS) is 17.7. The van der Waals surface area contributed by atoms with Gasteiger partial charge in [0.25, 0.3) is 0 Å². The van der Waals surface area contributed by atoms with E-state index in [1.807, 2.05) is 0 Å². The van der Waals surface area contributed by atoms with Gasteiger partial charge in [-0.25, -0.2) is 4.39 Å². The van der Waals surface area contributed by atoms with Crippen molar-refractivity contribution in [3.8, 4) is 0 Å². The number of anilines is 2. The number of halogens is 1. The SMILES string of the molecule is C=CC(=O)N1CCC1C(=O)Cc1cccc(CNc2nc(NC3CCOCC3)nc3c(C(C)C)cnn23)c1F. The van der Waals surface area contributed by atoms with Crippen molar-refractivity contribution in [2.75, 3.05) is 30.4 Å². The highest BCUT2D eigenvalue weighted by atomic mass is 19.1. The van der Waals surface area contributed by atoms with E-state index in [1.54, 1.807) is 28.9 Å². The molecule has 2 fully saturated rings. The van der Waals surface area contributed by atoms with Crippen molar-refractivity contribution >= 4 is 29.2 Å². The molecule has 2 aliphatic rings. The number of benzene rings is 1. The summed E-state index contributed by atoms with van der Waals surface area (Å²) in [6.07, 6.45) is 5.21. The third-order valence-electron chi connectivity index (χ3n) is 7.38. The van der Waals surface area contributed by atoms with E-state index >= 15 is 4.39 Å². The molecule has 0 radical (unpaired) electrons. The summed E-state index contributed by atoms with van der Waals surface area (Å²) in [5.74, 6) is 0.224. The summed E-state index contributed by atoms with van der Waals surface area (Å²) in [6, 6.07) is 4.70. The van der Waals surface area contributed by atoms with E-state index < -0.39 is 11.9 Å². The number of rotatable bonds is 10. The molecule has 4 heterocycles. The van der Waals surface area contributed by atoms with E-state index in [1.165, 1.54) is 11.0 Å². The number of likely N-dealkylation sites (tertiary alicyclic amines) is 1. The first-order chi connectivity index (χ1) is 18.9. The van der Waals surface area contributed by atoms with Gasteiger partial charge in [0.2, 0.25) is 17.8 Å². The molecule has 0 spiro atoms. The lowest BCUT2D eigenvalue weighted by atomic mass is 9.93. The van der Waals surface area contributed by atoms with Crippen LogP contribution in [0.3, 0.4) is 0 Å². The Morgan fingerprint density at radius 1 is 1.21 bits per heavy atom. The molecule has 0 bridgehead atoms. The Hall–Kier alpha value is -3.86. The first-order valence-corrected chi connectivity index (χ1v) is 13.4. The molecule has 1 unspecified atom stereocenters. The zero-order valence-electron chi connectivity index (χ0n) is 22.3. The Kier molecular flexibility index (Phi) is 7.87. The molecule has 2 aromatic heterocycles. The monoisotopic (exact) mass is 535 g/mol. The van der Waals surface area contributed by atoms with Crippen LogP contribution in [0, 0.1) is 5.82 Å². The average molecular weight is 536 g/mol. The van der Waals surface area contributed by atoms with Crippen LogP contribution in [0.4, 0.5) is 16.3 Å². The van der Waals surface area contributed by atoms with Crippen LogP contribution >= 0.6 is 0 Å². The van der Waals surface area contributed by atoms with Gasteiger partial charge in [0, 0.05) is 49.9 Å². The molecule has 5 rings (SSSR count). The Morgan fingerprint density at radius 3 is 2.67 bits per heavy atom. The van der Waals surface area contributed by atoms with Gasteiger partial charge in [-0.05, 0) is 36.8 Å². The zero-order chi connectivity index (χ0) is 27.5. The Labute approximate surface area is 226 Å². The molecule has 1 atom stereocenters. The molecule has 2 saturated heterocycles. The second-order valence-electron chi connectivity index (χ2n) is 10.3. The summed E-state index contributed by atoms with van der Waals surface area (Å²) in [5, 5.41) is 11.1. The highest BCUT2D eigenvalue weighted by molar-refractivity contribution is 5.95. The Balaban J connectivity index is 1.34. The fourth-order valence-electron chi connectivity index (χ4n) is 4.99. The van der Waals surface area contributed by atoms with E-state index in [4.69, 9.17) is 9.72 Å². The summed E-state index contributed by atoms with van der Waals surface area (Å²) < 4.78 is 22.6. The molecule has 0 aliphatic carbocycles. The number of aromatic nitrogens is 4. The topological polar surface area (TPSA) is 114 Å². The van der Waals surface area contributed by atoms with Crippen molar-refractivity contribution < 1.29 is 18.7 Å². The van der Waals surface area contributed by atoms with Gasteiger partial charge in [-0.3, -0.25) is 9.59 Å². The number of amides is 1. The van der Waals surface area contributed by atoms with Crippen LogP contribution in [-0.2, 0) is 27.3 Å². The number of hydrogen-bond acceptors (Lipinski definition) is 8. The Bertz CT molecular complexity index is 1380. The summed E-state index contributed by atoms with van der Waals surface area (Å²) in [5.41, 5.74) is 2.38. The minimum absolute atomic E-state index is 0.0842. The van der Waals surface area contributed by atoms with E-state index in [-0.39, 0.29) is 36.6 Å². The van der Waals surface area contributed by atoms with Gasteiger partial charge in [-0.15, -0.1) is 0 Å². The van der Waals surface area contributed by atoms with Crippen molar-refractivity contribution in [2.24, 2.45) is 0 Å². The molecule has 3 aromatic rings. The predicted octanol–water partition coefficient (Wildman–Crippen LogP) is 3.49. The molecule has 1 amide bonds. The van der Waals surface area contributed by atoms with E-state index in [2.05, 4.69) is 41.1 Å². The van der Waals surface area contributed by atoms with Crippen LogP contribution in [0.15, 0.2) is 37.1 Å². The lowest BCUT2D eigenvalue weighted by molar-refractivity contribution is -0.142. The third kappa shape index (κ3) is 5.63. The molecule has 11 heteroatoms. The van der Waals surface area contributed by atoms with Crippen LogP contribution in [-0.4, -0.2) is 68.0 Å². The zero-order valence-corrected chi connectivity index (χ0v) is 22.3. The molecule has 2 N–H and O–H groups in total. The molecule has 206 valence electrons. The maximum Gasteiger partial charge on any atom is 0.246 e. The summed E-state index contributed by atoms with van der Waals surface area (Å²) in [6.45, 7) is 9.67. The van der Waals surface area contributed by atoms with Gasteiger partial charge < -0.3 is 20.3 Å². The fourth-order valence-corrected chi connectivity index (χ4v) is 4.99. The number of hydrogen-bond donors (Lipinski definition) is 2. The van der Waals surface area contributed by atoms with Crippen LogP contribution in [0.1, 0.15) is 55.7 Å². The van der Waals surface area contributed by atoms with E-state index in [0.29, 0.717) is 54.9 Å². The number of Topliss-reactive ketones (excluding diaryl/α,β-unsaturated/α-hetero) is 1. The quantitative estimate of drug-likeness (QED) is 0.380. The van der Waals surface area contributed by atoms with E-state index in [9.17, 15) is 9.59 Å². The van der Waals surface area contributed by atoms with Gasteiger partial charge >= 0.3 is 0 Å². The van der Waals surface area contributed by atoms with Gasteiger partial charge in [0.05, 0.1) is 12.2 Å². The highest BCUT2D eigenvalue weighted by Gasteiger charge is 2.36. The second-order valence-corrected chi connectivity index (χ2v) is 10.3. The fraction of sp³-hybridized carbons (Fsp3) is 0.464. The van der Waals surface area contributed by atoms with Gasteiger partial charge in [-0.2, -0.15) is 19.6 Å². The highest BCUT2D eigenvalue weighted by Crippen LogP contribution is 2.25. The lowest BCUT2D eigenvalue weighted by Gasteiger charge is -2.39. The maximum atomic E-state index is 15.5. The summed E-state index contributed by atoms with van der Waals surface area (Å²) >= 11 is 0. The van der Waals surface area contributed by atoms with Crippen molar-refractivity contribution in [1.29, 1.82) is 0 Å². The maximum absolute atomic E-state index is 15.5. The minimum Gasteiger partial charge on any atom is -0.381 e. The van der Waals surface area contributed by atoms with Crippen LogP contribution in [0.2, 0.25) is 0 Å². The second kappa shape index (κ2) is 11.5. The summed E-state index contributed by atoms with van der Waals surface area (Å²) in [4.78, 5) is 35.6. The van der Waals surface area contributed by atoms with Crippen LogP contribution < -0.4 is 10.6 Å². The van der Waals surface area contributed by atoms with Crippen molar-refractivity contribution in [3.63, 3.8) is 0 Å². The standard InChI is InChI=1S/C28H34FN7O3/c1-4-24(38)35-11-8-22(35)23(37)14-18-6-5-7-19(25(18)29)15-30-28-34-27(32-20-9-12-39-13-10-20)33-26-21(17(2)3)16-31-36(26)28/h4-7,16-17,20,22H,1,8-15H2,2-3H3,(H2,30,32,33,34). The van der Waals surface area contributed by atoms with Gasteiger partial charge in [-0.1, -0.05) is 38.6 Å². The number of fused-ring (bicyclic) bond motifs is 1. The van der Waals surface area contributed by atoms with Crippen LogP contribution in [0.5, 0.6) is 0 Å². The van der Waals surface area contributed by atoms with E-state index in [0.717, 1.165) is 18.4 Å². The number of nitrogens with zero attached hydrogens (tertiary/aromatic N) is 5. The number of ether oxygens (including phenoxy) is 1. The first kappa shape index (κ1) is 26.7. The molecule has 2 aliphatic heterocycles. The molecule has 39 heavy (non-hydrogen) atoms. The van der Waals surface area contributed by atoms with Crippen molar-refractivity contribution in [2.45, 2.75) is 64.1 Å². The Morgan fingerprint density at radius 2 is 1.97 bits per heavy atom. The number of ketones is 1. The van der Waals surface area contributed by atoms with Gasteiger partial charge in [0.15, 0.2) is 11.4 Å². The number of nitrogens with one attached hydrogen (secondary N) is 2. The molecule has 0 saturated carbocycles. The first-order valence-electron chi connectivity index (χ1n) is 13.4.